The first-order valence-corrected chi connectivity index (χ1v) is 9.81. The van der Waals surface area contributed by atoms with Crippen molar-refractivity contribution in [2.45, 2.75) is 6.36 Å². The molecule has 0 saturated heterocycles. The second-order valence-corrected chi connectivity index (χ2v) is 7.01. The van der Waals surface area contributed by atoms with Crippen LogP contribution in [0.1, 0.15) is 0 Å². The molecule has 3 heterocycles. The van der Waals surface area contributed by atoms with Crippen molar-refractivity contribution in [3.8, 4) is 28.1 Å². The number of aromatic nitrogens is 5. The van der Waals surface area contributed by atoms with Gasteiger partial charge in [0.25, 0.3) is 0 Å². The van der Waals surface area contributed by atoms with Crippen molar-refractivity contribution in [3.63, 3.8) is 0 Å². The highest BCUT2D eigenvalue weighted by Crippen LogP contribution is 2.37. The number of benzene rings is 2. The molecule has 3 aromatic heterocycles. The molecule has 0 aliphatic heterocycles. The summed E-state index contributed by atoms with van der Waals surface area (Å²) in [5.74, 6) is -0.901. The first-order chi connectivity index (χ1) is 16.4. The van der Waals surface area contributed by atoms with Crippen molar-refractivity contribution in [2.75, 3.05) is 5.32 Å². The molecule has 0 aliphatic carbocycles. The maximum absolute atomic E-state index is 14.7. The van der Waals surface area contributed by atoms with E-state index in [1.807, 2.05) is 0 Å². The summed E-state index contributed by atoms with van der Waals surface area (Å²) in [6.45, 7) is 0. The normalized spacial score (nSPS) is 11.5. The Morgan fingerprint density at radius 3 is 2.71 bits per heavy atom. The van der Waals surface area contributed by atoms with E-state index in [0.717, 1.165) is 12.1 Å². The Hall–Kier alpha value is -4.54. The quantitative estimate of drug-likeness (QED) is 0.326. The van der Waals surface area contributed by atoms with Gasteiger partial charge in [0.2, 0.25) is 0 Å². The van der Waals surface area contributed by atoms with Gasteiger partial charge in [0.15, 0.2) is 5.65 Å². The van der Waals surface area contributed by atoms with E-state index in [-0.39, 0.29) is 11.1 Å². The molecule has 169 valence electrons. The summed E-state index contributed by atoms with van der Waals surface area (Å²) in [5.41, 5.74) is 2.41. The zero-order valence-corrected chi connectivity index (χ0v) is 17.1. The lowest BCUT2D eigenvalue weighted by molar-refractivity contribution is -0.274. The van der Waals surface area contributed by atoms with Crippen LogP contribution >= 0.6 is 0 Å². The third-order valence-corrected chi connectivity index (χ3v) is 4.85. The van der Waals surface area contributed by atoms with Crippen LogP contribution in [-0.2, 0) is 0 Å². The molecule has 2 N–H and O–H groups in total. The van der Waals surface area contributed by atoms with E-state index in [1.165, 1.54) is 36.9 Å². The van der Waals surface area contributed by atoms with Gasteiger partial charge in [-0.05, 0) is 48.5 Å². The van der Waals surface area contributed by atoms with E-state index in [4.69, 9.17) is 0 Å². The third-order valence-electron chi connectivity index (χ3n) is 4.85. The van der Waals surface area contributed by atoms with Crippen molar-refractivity contribution >= 4 is 22.7 Å². The van der Waals surface area contributed by atoms with Crippen LogP contribution in [0.2, 0.25) is 0 Å². The summed E-state index contributed by atoms with van der Waals surface area (Å²) in [5, 5.41) is 3.09. The average molecular weight is 465 g/mol. The number of anilines is 2. The maximum Gasteiger partial charge on any atom is 0.573 e. The predicted octanol–water partition coefficient (Wildman–Crippen LogP) is 5.66. The summed E-state index contributed by atoms with van der Waals surface area (Å²) < 4.78 is 57.2. The monoisotopic (exact) mass is 465 g/mol. The van der Waals surface area contributed by atoms with Crippen molar-refractivity contribution in [1.82, 2.24) is 24.9 Å². The Balaban J connectivity index is 1.55. The average Bonchev–Trinajstić information content (AvgIpc) is 3.29. The third kappa shape index (κ3) is 4.22. The second-order valence-electron chi connectivity index (χ2n) is 7.01. The second kappa shape index (κ2) is 8.43. The Bertz CT molecular complexity index is 1480. The van der Waals surface area contributed by atoms with Crippen molar-refractivity contribution < 1.29 is 22.3 Å². The molecule has 0 unspecified atom stereocenters. The number of nitrogens with zero attached hydrogens (tertiary/aromatic N) is 4. The Labute approximate surface area is 189 Å². The number of hydrogen-bond donors (Lipinski definition) is 2. The Morgan fingerprint density at radius 2 is 1.85 bits per heavy atom. The highest BCUT2D eigenvalue weighted by atomic mass is 19.4. The number of aromatic amines is 1. The molecular weight excluding hydrogens is 452 g/mol. The van der Waals surface area contributed by atoms with Crippen LogP contribution in [0.5, 0.6) is 5.75 Å². The fraction of sp³-hybridized carbons (Fsp3) is 0.0435. The van der Waals surface area contributed by atoms with Crippen LogP contribution in [-0.4, -0.2) is 31.3 Å². The summed E-state index contributed by atoms with van der Waals surface area (Å²) >= 11 is 0. The number of H-pyrrole nitrogens is 1. The van der Waals surface area contributed by atoms with Gasteiger partial charge in [-0.2, -0.15) is 0 Å². The number of imidazole rings is 1. The lowest BCUT2D eigenvalue weighted by atomic mass is 10.0. The minimum Gasteiger partial charge on any atom is -0.405 e. The highest BCUT2D eigenvalue weighted by molar-refractivity contribution is 5.91. The van der Waals surface area contributed by atoms with Crippen molar-refractivity contribution in [3.05, 3.63) is 79.3 Å². The van der Waals surface area contributed by atoms with Gasteiger partial charge in [0.05, 0.1) is 6.33 Å². The van der Waals surface area contributed by atoms with E-state index in [9.17, 15) is 17.6 Å². The number of halogens is 4. The van der Waals surface area contributed by atoms with Crippen LogP contribution in [0.25, 0.3) is 33.5 Å². The first kappa shape index (κ1) is 21.3. The topological polar surface area (TPSA) is 88.6 Å². The Morgan fingerprint density at radius 1 is 0.971 bits per heavy atom. The van der Waals surface area contributed by atoms with Crippen LogP contribution in [0.4, 0.5) is 29.1 Å². The SMILES string of the molecule is Fc1ccc(Nc2ncccc2-c2ncnc3[nH]cnc23)cc1-c1cc[c]cc1OC(F)(F)F. The molecular formula is C23H13F4N6O. The van der Waals surface area contributed by atoms with E-state index < -0.39 is 17.9 Å². The lowest BCUT2D eigenvalue weighted by Crippen LogP contribution is -2.17. The van der Waals surface area contributed by atoms with Gasteiger partial charge < -0.3 is 15.0 Å². The molecule has 0 amide bonds. The van der Waals surface area contributed by atoms with Crippen LogP contribution in [0, 0.1) is 11.9 Å². The first-order valence-electron chi connectivity index (χ1n) is 9.81. The molecule has 34 heavy (non-hydrogen) atoms. The molecule has 0 spiro atoms. The molecule has 0 bridgehead atoms. The van der Waals surface area contributed by atoms with E-state index >= 15 is 0 Å². The van der Waals surface area contributed by atoms with Crippen LogP contribution in [0.15, 0.2) is 67.4 Å². The molecule has 11 heteroatoms. The number of pyridine rings is 1. The fourth-order valence-corrected chi connectivity index (χ4v) is 3.45. The number of nitrogens with one attached hydrogen (secondary N) is 2. The van der Waals surface area contributed by atoms with Gasteiger partial charge in [-0.3, -0.25) is 0 Å². The molecule has 5 aromatic rings. The molecule has 0 fully saturated rings. The van der Waals surface area contributed by atoms with E-state index in [2.05, 4.69) is 41.0 Å². The van der Waals surface area contributed by atoms with Gasteiger partial charge in [0.1, 0.15) is 34.9 Å². The smallest absolute Gasteiger partial charge is 0.405 e. The highest BCUT2D eigenvalue weighted by Gasteiger charge is 2.32. The zero-order valence-electron chi connectivity index (χ0n) is 17.1. The van der Waals surface area contributed by atoms with E-state index in [1.54, 1.807) is 18.3 Å². The number of hydrogen-bond acceptors (Lipinski definition) is 6. The zero-order chi connectivity index (χ0) is 23.7. The molecule has 1 radical (unpaired) electrons. The van der Waals surface area contributed by atoms with Gasteiger partial charge in [-0.1, -0.05) is 6.07 Å². The largest absolute Gasteiger partial charge is 0.573 e. The molecule has 5 rings (SSSR count). The summed E-state index contributed by atoms with van der Waals surface area (Å²) in [4.78, 5) is 20.0. The summed E-state index contributed by atoms with van der Waals surface area (Å²) in [7, 11) is 0. The minimum atomic E-state index is -4.94. The molecule has 0 aliphatic rings. The van der Waals surface area contributed by atoms with Gasteiger partial charge in [-0.15, -0.1) is 13.2 Å². The van der Waals surface area contributed by atoms with Gasteiger partial charge in [0, 0.05) is 28.6 Å². The molecule has 7 nitrogen and oxygen atoms in total. The Kier molecular flexibility index (Phi) is 5.28. The molecule has 0 atom stereocenters. The number of rotatable bonds is 5. The summed E-state index contributed by atoms with van der Waals surface area (Å²) in [6.07, 6.45) is -0.497. The fourth-order valence-electron chi connectivity index (χ4n) is 3.45. The maximum atomic E-state index is 14.7. The van der Waals surface area contributed by atoms with Crippen molar-refractivity contribution in [2.24, 2.45) is 0 Å². The van der Waals surface area contributed by atoms with Crippen LogP contribution in [0.3, 0.4) is 0 Å². The predicted molar refractivity (Wildman–Crippen MR) is 116 cm³/mol. The number of fused-ring (bicyclic) bond motifs is 1. The van der Waals surface area contributed by atoms with Crippen LogP contribution < -0.4 is 10.1 Å². The molecule has 2 aromatic carbocycles. The van der Waals surface area contributed by atoms with E-state index in [0.29, 0.717) is 33.9 Å². The van der Waals surface area contributed by atoms with Gasteiger partial charge in [-0.25, -0.2) is 24.3 Å². The van der Waals surface area contributed by atoms with Gasteiger partial charge >= 0.3 is 6.36 Å². The lowest BCUT2D eigenvalue weighted by Gasteiger charge is -2.15. The summed E-state index contributed by atoms with van der Waals surface area (Å²) in [6, 6.07) is 13.6. The number of ether oxygens (including phenoxy) is 1. The minimum absolute atomic E-state index is 0.0764. The number of alkyl halides is 3. The van der Waals surface area contributed by atoms with Crippen molar-refractivity contribution in [1.29, 1.82) is 0 Å². The molecule has 0 saturated carbocycles. The standard InChI is InChI=1S/C23H13F4N6O/c24-17-8-7-13(10-16(17)14-4-1-2-6-18(14)34-23(25,26)27)33-21-15(5-3-9-28-21)19-20-22(31-11-29-19)32-12-30-20/h1,3-12H,(H,28,33)(H,29,30,31,32).